The topological polar surface area (TPSA) is 38.3 Å². The predicted molar refractivity (Wildman–Crippen MR) is 66.3 cm³/mol. The van der Waals surface area contributed by atoms with Crippen LogP contribution in [0.2, 0.25) is 0 Å². The largest absolute Gasteiger partial charge is 0.366 e. The minimum absolute atomic E-state index is 0.0504. The van der Waals surface area contributed by atoms with Gasteiger partial charge in [0.25, 0.3) is 0 Å². The molecule has 0 aliphatic rings. The molecule has 0 aromatic heterocycles. The molecule has 0 aliphatic carbocycles. The van der Waals surface area contributed by atoms with Gasteiger partial charge < -0.3 is 10.1 Å². The molecule has 4 heteroatoms. The van der Waals surface area contributed by atoms with E-state index in [0.29, 0.717) is 4.83 Å². The van der Waals surface area contributed by atoms with Crippen LogP contribution in [0.3, 0.4) is 0 Å². The van der Waals surface area contributed by atoms with Gasteiger partial charge >= 0.3 is 0 Å². The highest BCUT2D eigenvalue weighted by Crippen LogP contribution is 2.08. The fourth-order valence-electron chi connectivity index (χ4n) is 1.14. The van der Waals surface area contributed by atoms with Gasteiger partial charge in [-0.3, -0.25) is 4.79 Å². The summed E-state index contributed by atoms with van der Waals surface area (Å²) in [4.78, 5) is 11.8. The van der Waals surface area contributed by atoms with Crippen LogP contribution in [0.1, 0.15) is 41.0 Å². The highest BCUT2D eigenvalue weighted by Gasteiger charge is 2.14. The number of amides is 1. The van der Waals surface area contributed by atoms with E-state index in [2.05, 4.69) is 28.2 Å². The summed E-state index contributed by atoms with van der Waals surface area (Å²) in [6, 6.07) is 0.176. The maximum atomic E-state index is 11.4. The monoisotopic (exact) mass is 279 g/mol. The van der Waals surface area contributed by atoms with Crippen molar-refractivity contribution < 1.29 is 9.53 Å². The van der Waals surface area contributed by atoms with Crippen LogP contribution in [-0.2, 0) is 9.53 Å². The number of hydrogen-bond donors (Lipinski definition) is 1. The molecule has 2 atom stereocenters. The third kappa shape index (κ3) is 10.2. The second-order valence-corrected chi connectivity index (χ2v) is 6.45. The van der Waals surface area contributed by atoms with Crippen molar-refractivity contribution in [1.82, 2.24) is 5.32 Å². The van der Waals surface area contributed by atoms with Gasteiger partial charge in [0, 0.05) is 10.9 Å². The molecule has 1 N–H and O–H groups in total. The van der Waals surface area contributed by atoms with Crippen molar-refractivity contribution in [2.24, 2.45) is 0 Å². The molecule has 0 fully saturated rings. The maximum Gasteiger partial charge on any atom is 0.246 e. The van der Waals surface area contributed by atoms with Crippen molar-refractivity contribution in [2.45, 2.75) is 57.5 Å². The van der Waals surface area contributed by atoms with Crippen molar-refractivity contribution in [3.63, 3.8) is 0 Å². The third-order valence-corrected chi connectivity index (χ3v) is 2.10. The van der Waals surface area contributed by atoms with E-state index in [1.165, 1.54) is 0 Å². The Hall–Kier alpha value is -0.0900. The van der Waals surface area contributed by atoms with E-state index >= 15 is 0 Å². The van der Waals surface area contributed by atoms with Gasteiger partial charge in [0.2, 0.25) is 5.91 Å². The van der Waals surface area contributed by atoms with Crippen molar-refractivity contribution in [3.05, 3.63) is 0 Å². The van der Waals surface area contributed by atoms with E-state index in [0.717, 1.165) is 6.42 Å². The van der Waals surface area contributed by atoms with Crippen LogP contribution >= 0.6 is 15.9 Å². The summed E-state index contributed by atoms with van der Waals surface area (Å²) in [6.45, 7) is 9.99. The first-order chi connectivity index (χ1) is 6.70. The molecule has 2 unspecified atom stereocenters. The van der Waals surface area contributed by atoms with Crippen LogP contribution in [0.4, 0.5) is 0 Å². The van der Waals surface area contributed by atoms with E-state index in [1.54, 1.807) is 0 Å². The number of ether oxygens (including phenoxy) is 1. The molecule has 0 aromatic rings. The van der Waals surface area contributed by atoms with Gasteiger partial charge in [-0.25, -0.2) is 0 Å². The van der Waals surface area contributed by atoms with E-state index in [9.17, 15) is 4.79 Å². The predicted octanol–water partition coefficient (Wildman–Crippen LogP) is 2.48. The average Bonchev–Trinajstić information content (AvgIpc) is 1.97. The summed E-state index contributed by atoms with van der Waals surface area (Å²) < 4.78 is 5.37. The van der Waals surface area contributed by atoms with Gasteiger partial charge in [0.05, 0.1) is 5.60 Å². The van der Waals surface area contributed by atoms with Gasteiger partial charge in [0.1, 0.15) is 6.61 Å². The molecule has 0 aliphatic heterocycles. The molecule has 0 rings (SSSR count). The SMILES string of the molecule is CC(Br)CC(C)NC(=O)COC(C)(C)C. The highest BCUT2D eigenvalue weighted by molar-refractivity contribution is 9.09. The number of carbonyl (C=O) groups excluding carboxylic acids is 1. The smallest absolute Gasteiger partial charge is 0.246 e. The van der Waals surface area contributed by atoms with Crippen LogP contribution in [-0.4, -0.2) is 29.0 Å². The quantitative estimate of drug-likeness (QED) is 0.786. The zero-order valence-corrected chi connectivity index (χ0v) is 11.8. The Balaban J connectivity index is 3.74. The minimum Gasteiger partial charge on any atom is -0.366 e. The van der Waals surface area contributed by atoms with Crippen molar-refractivity contribution >= 4 is 21.8 Å². The Morgan fingerprint density at radius 3 is 2.33 bits per heavy atom. The van der Waals surface area contributed by atoms with Crippen LogP contribution in [0.25, 0.3) is 0 Å². The molecule has 90 valence electrons. The molecule has 3 nitrogen and oxygen atoms in total. The molecule has 1 amide bonds. The molecule has 0 heterocycles. The lowest BCUT2D eigenvalue weighted by molar-refractivity contribution is -0.131. The molecule has 0 saturated carbocycles. The average molecular weight is 280 g/mol. The molecule has 0 spiro atoms. The third-order valence-electron chi connectivity index (χ3n) is 1.72. The number of carbonyl (C=O) groups is 1. The van der Waals surface area contributed by atoms with Crippen LogP contribution in [0.5, 0.6) is 0 Å². The van der Waals surface area contributed by atoms with E-state index < -0.39 is 0 Å². The maximum absolute atomic E-state index is 11.4. The standard InChI is InChI=1S/C11H22BrNO2/c1-8(12)6-9(2)13-10(14)7-15-11(3,4)5/h8-9H,6-7H2,1-5H3,(H,13,14). The molecular formula is C11H22BrNO2. The highest BCUT2D eigenvalue weighted by atomic mass is 79.9. The summed E-state index contributed by atoms with van der Waals surface area (Å²) in [6.07, 6.45) is 0.918. The zero-order chi connectivity index (χ0) is 12.1. The van der Waals surface area contributed by atoms with Crippen LogP contribution in [0, 0.1) is 0 Å². The van der Waals surface area contributed by atoms with Gasteiger partial charge in [0.15, 0.2) is 0 Å². The van der Waals surface area contributed by atoms with Gasteiger partial charge in [-0.05, 0) is 34.1 Å². The summed E-state index contributed by atoms with van der Waals surface area (Å²) >= 11 is 3.45. The normalized spacial score (nSPS) is 15.9. The Labute approximate surface area is 101 Å². The summed E-state index contributed by atoms with van der Waals surface area (Å²) in [5.74, 6) is -0.0504. The summed E-state index contributed by atoms with van der Waals surface area (Å²) in [5, 5.41) is 2.89. The Bertz CT molecular complexity index is 199. The first-order valence-electron chi connectivity index (χ1n) is 5.28. The van der Waals surface area contributed by atoms with Gasteiger partial charge in [-0.2, -0.15) is 0 Å². The molecular weight excluding hydrogens is 258 g/mol. The number of rotatable bonds is 5. The Morgan fingerprint density at radius 2 is 1.93 bits per heavy atom. The molecule has 0 radical (unpaired) electrons. The number of nitrogens with one attached hydrogen (secondary N) is 1. The lowest BCUT2D eigenvalue weighted by atomic mass is 10.2. The molecule has 0 aromatic carbocycles. The summed E-state index contributed by atoms with van der Waals surface area (Å²) in [5.41, 5.74) is -0.261. The summed E-state index contributed by atoms with van der Waals surface area (Å²) in [7, 11) is 0. The van der Waals surface area contributed by atoms with Gasteiger partial charge in [-0.1, -0.05) is 22.9 Å². The lowest BCUT2D eigenvalue weighted by Crippen LogP contribution is -2.38. The fraction of sp³-hybridized carbons (Fsp3) is 0.909. The minimum atomic E-state index is -0.261. The number of alkyl halides is 1. The number of halogens is 1. The van der Waals surface area contributed by atoms with Crippen LogP contribution < -0.4 is 5.32 Å². The van der Waals surface area contributed by atoms with Crippen molar-refractivity contribution in [3.8, 4) is 0 Å². The zero-order valence-electron chi connectivity index (χ0n) is 10.3. The van der Waals surface area contributed by atoms with E-state index in [-0.39, 0.29) is 24.2 Å². The Morgan fingerprint density at radius 1 is 1.40 bits per heavy atom. The van der Waals surface area contributed by atoms with E-state index in [4.69, 9.17) is 4.74 Å². The van der Waals surface area contributed by atoms with Crippen LogP contribution in [0.15, 0.2) is 0 Å². The first-order valence-corrected chi connectivity index (χ1v) is 6.19. The lowest BCUT2D eigenvalue weighted by Gasteiger charge is -2.20. The fourth-order valence-corrected chi connectivity index (χ4v) is 1.71. The molecule has 0 saturated heterocycles. The second-order valence-electron chi connectivity index (χ2n) is 4.89. The van der Waals surface area contributed by atoms with Crippen molar-refractivity contribution in [2.75, 3.05) is 6.61 Å². The van der Waals surface area contributed by atoms with E-state index in [1.807, 2.05) is 27.7 Å². The number of hydrogen-bond acceptors (Lipinski definition) is 2. The first kappa shape index (κ1) is 14.9. The van der Waals surface area contributed by atoms with Crippen molar-refractivity contribution in [1.29, 1.82) is 0 Å². The molecule has 0 bridgehead atoms. The Kier molecular flexibility index (Phi) is 6.44. The van der Waals surface area contributed by atoms with Gasteiger partial charge in [-0.15, -0.1) is 0 Å². The second kappa shape index (κ2) is 6.48. The molecule has 15 heavy (non-hydrogen) atoms.